The molecule has 0 amide bonds. The van der Waals surface area contributed by atoms with Crippen LogP contribution in [0.2, 0.25) is 0 Å². The van der Waals surface area contributed by atoms with Crippen molar-refractivity contribution >= 4 is 10.0 Å². The summed E-state index contributed by atoms with van der Waals surface area (Å²) in [5, 5.41) is 5.01. The van der Waals surface area contributed by atoms with Crippen molar-refractivity contribution in [2.45, 2.75) is 25.7 Å². The molecule has 0 radical (unpaired) electrons. The van der Waals surface area contributed by atoms with Crippen LogP contribution in [0.15, 0.2) is 35.4 Å². The molecular formula is C14H16N2O3S. The molecule has 1 aromatic carbocycles. The van der Waals surface area contributed by atoms with E-state index in [1.54, 1.807) is 0 Å². The van der Waals surface area contributed by atoms with E-state index in [0.717, 1.165) is 16.7 Å². The highest BCUT2D eigenvalue weighted by Crippen LogP contribution is 2.27. The van der Waals surface area contributed by atoms with Crippen molar-refractivity contribution in [3.8, 4) is 11.6 Å². The first-order chi connectivity index (χ1) is 9.27. The number of aromatic nitrogens is 1. The van der Waals surface area contributed by atoms with Crippen LogP contribution < -0.4 is 9.88 Å². The van der Waals surface area contributed by atoms with E-state index in [9.17, 15) is 8.42 Å². The fraction of sp³-hybridized carbons (Fsp3) is 0.214. The average molecular weight is 292 g/mol. The minimum absolute atomic E-state index is 0.0398. The van der Waals surface area contributed by atoms with Gasteiger partial charge in [-0.15, -0.1) is 0 Å². The van der Waals surface area contributed by atoms with Gasteiger partial charge in [-0.25, -0.2) is 18.5 Å². The first-order valence-corrected chi connectivity index (χ1v) is 7.56. The maximum Gasteiger partial charge on any atom is 0.239 e. The van der Waals surface area contributed by atoms with Crippen LogP contribution in [-0.4, -0.2) is 13.4 Å². The van der Waals surface area contributed by atoms with E-state index in [2.05, 4.69) is 11.1 Å². The summed E-state index contributed by atoms with van der Waals surface area (Å²) >= 11 is 0. The average Bonchev–Trinajstić information content (AvgIpc) is 2.35. The van der Waals surface area contributed by atoms with E-state index < -0.39 is 10.0 Å². The number of pyridine rings is 1. The second kappa shape index (κ2) is 5.22. The Hall–Kier alpha value is -1.92. The summed E-state index contributed by atoms with van der Waals surface area (Å²) in [6, 6.07) is 6.84. The summed E-state index contributed by atoms with van der Waals surface area (Å²) in [6.07, 6.45) is 1.18. The Morgan fingerprint density at radius 3 is 2.40 bits per heavy atom. The van der Waals surface area contributed by atoms with E-state index in [1.165, 1.54) is 18.3 Å². The van der Waals surface area contributed by atoms with E-state index in [4.69, 9.17) is 9.88 Å². The lowest BCUT2D eigenvalue weighted by atomic mass is 10.1. The predicted molar refractivity (Wildman–Crippen MR) is 76.3 cm³/mol. The molecule has 0 aliphatic heterocycles. The molecular weight excluding hydrogens is 276 g/mol. The second-order valence-electron chi connectivity index (χ2n) is 4.68. The number of ether oxygens (including phenoxy) is 1. The summed E-state index contributed by atoms with van der Waals surface area (Å²) in [4.78, 5) is 3.92. The Labute approximate surface area is 118 Å². The van der Waals surface area contributed by atoms with Gasteiger partial charge in [-0.3, -0.25) is 0 Å². The highest BCUT2D eigenvalue weighted by atomic mass is 32.2. The molecule has 2 rings (SSSR count). The highest BCUT2D eigenvalue weighted by molar-refractivity contribution is 7.89. The van der Waals surface area contributed by atoms with E-state index in [0.29, 0.717) is 11.6 Å². The van der Waals surface area contributed by atoms with Crippen molar-refractivity contribution in [1.29, 1.82) is 0 Å². The third-order valence-electron chi connectivity index (χ3n) is 3.02. The molecule has 0 atom stereocenters. The van der Waals surface area contributed by atoms with Crippen LogP contribution in [0.3, 0.4) is 0 Å². The number of aryl methyl sites for hydroxylation is 2. The molecule has 0 unspecified atom stereocenters. The minimum atomic E-state index is -3.73. The van der Waals surface area contributed by atoms with Crippen LogP contribution >= 0.6 is 0 Å². The summed E-state index contributed by atoms with van der Waals surface area (Å²) in [6.45, 7) is 5.95. The number of rotatable bonds is 3. The number of hydrogen-bond donors (Lipinski definition) is 1. The van der Waals surface area contributed by atoms with Gasteiger partial charge in [-0.2, -0.15) is 0 Å². The predicted octanol–water partition coefficient (Wildman–Crippen LogP) is 2.45. The molecule has 0 aliphatic rings. The molecule has 0 saturated carbocycles. The van der Waals surface area contributed by atoms with Gasteiger partial charge in [0.15, 0.2) is 0 Å². The van der Waals surface area contributed by atoms with Gasteiger partial charge in [0.25, 0.3) is 0 Å². The van der Waals surface area contributed by atoms with Crippen molar-refractivity contribution in [1.82, 2.24) is 4.98 Å². The van der Waals surface area contributed by atoms with Crippen molar-refractivity contribution in [3.05, 3.63) is 47.2 Å². The molecule has 0 aliphatic carbocycles. The van der Waals surface area contributed by atoms with Crippen molar-refractivity contribution in [2.24, 2.45) is 5.14 Å². The zero-order chi connectivity index (χ0) is 14.9. The van der Waals surface area contributed by atoms with Gasteiger partial charge in [-0.1, -0.05) is 6.07 Å². The van der Waals surface area contributed by atoms with Crippen LogP contribution in [0.1, 0.15) is 16.7 Å². The molecule has 1 aromatic heterocycles. The van der Waals surface area contributed by atoms with E-state index >= 15 is 0 Å². The lowest BCUT2D eigenvalue weighted by Crippen LogP contribution is -2.12. The van der Waals surface area contributed by atoms with Crippen LogP contribution in [0, 0.1) is 20.8 Å². The fourth-order valence-electron chi connectivity index (χ4n) is 1.81. The van der Waals surface area contributed by atoms with Gasteiger partial charge in [0.1, 0.15) is 10.6 Å². The molecule has 20 heavy (non-hydrogen) atoms. The number of nitrogens with zero attached hydrogens (tertiary/aromatic N) is 1. The Kier molecular flexibility index (Phi) is 3.78. The van der Waals surface area contributed by atoms with Crippen LogP contribution in [0.4, 0.5) is 0 Å². The van der Waals surface area contributed by atoms with Gasteiger partial charge < -0.3 is 4.74 Å². The topological polar surface area (TPSA) is 82.3 Å². The standard InChI is InChI=1S/C14H16N2O3S/c1-9-6-10(2)11(3)13(7-9)19-14-5-4-12(8-16-14)20(15,17)18/h4-8H,1-3H3,(H2,15,17,18). The Morgan fingerprint density at radius 2 is 1.85 bits per heavy atom. The lowest BCUT2D eigenvalue weighted by molar-refractivity contribution is 0.457. The highest BCUT2D eigenvalue weighted by Gasteiger charge is 2.10. The molecule has 106 valence electrons. The molecule has 0 saturated heterocycles. The quantitative estimate of drug-likeness (QED) is 0.942. The van der Waals surface area contributed by atoms with Crippen LogP contribution in [0.25, 0.3) is 0 Å². The van der Waals surface area contributed by atoms with Gasteiger partial charge in [0, 0.05) is 6.07 Å². The number of nitrogens with two attached hydrogens (primary N) is 1. The number of sulfonamides is 1. The van der Waals surface area contributed by atoms with Gasteiger partial charge in [0.2, 0.25) is 15.9 Å². The summed E-state index contributed by atoms with van der Waals surface area (Å²) in [5.74, 6) is 1.03. The van der Waals surface area contributed by atoms with E-state index in [1.807, 2.05) is 26.8 Å². The molecule has 2 N–H and O–H groups in total. The minimum Gasteiger partial charge on any atom is -0.439 e. The van der Waals surface area contributed by atoms with Crippen LogP contribution in [-0.2, 0) is 10.0 Å². The van der Waals surface area contributed by atoms with Crippen molar-refractivity contribution in [3.63, 3.8) is 0 Å². The Morgan fingerprint density at radius 1 is 1.15 bits per heavy atom. The molecule has 0 spiro atoms. The lowest BCUT2D eigenvalue weighted by Gasteiger charge is -2.11. The Balaban J connectivity index is 2.32. The Bertz CT molecular complexity index is 738. The summed E-state index contributed by atoms with van der Waals surface area (Å²) in [5.41, 5.74) is 3.23. The van der Waals surface area contributed by atoms with Crippen LogP contribution in [0.5, 0.6) is 11.6 Å². The number of primary sulfonamides is 1. The van der Waals surface area contributed by atoms with Gasteiger partial charge >= 0.3 is 0 Å². The largest absolute Gasteiger partial charge is 0.439 e. The number of hydrogen-bond acceptors (Lipinski definition) is 4. The molecule has 1 heterocycles. The maximum absolute atomic E-state index is 11.1. The molecule has 6 heteroatoms. The number of benzene rings is 1. The van der Waals surface area contributed by atoms with Gasteiger partial charge in [0.05, 0.1) is 6.20 Å². The zero-order valence-corrected chi connectivity index (χ0v) is 12.4. The summed E-state index contributed by atoms with van der Waals surface area (Å²) < 4.78 is 28.0. The smallest absolute Gasteiger partial charge is 0.239 e. The first kappa shape index (κ1) is 14.5. The second-order valence-corrected chi connectivity index (χ2v) is 6.25. The maximum atomic E-state index is 11.1. The molecule has 0 bridgehead atoms. The molecule has 5 nitrogen and oxygen atoms in total. The summed E-state index contributed by atoms with van der Waals surface area (Å²) in [7, 11) is -3.73. The SMILES string of the molecule is Cc1cc(C)c(C)c(Oc2ccc(S(N)(=O)=O)cn2)c1. The monoisotopic (exact) mass is 292 g/mol. The fourth-order valence-corrected chi connectivity index (χ4v) is 2.27. The molecule has 2 aromatic rings. The van der Waals surface area contributed by atoms with Gasteiger partial charge in [-0.05, 0) is 49.6 Å². The zero-order valence-electron chi connectivity index (χ0n) is 11.5. The first-order valence-electron chi connectivity index (χ1n) is 6.02. The van der Waals surface area contributed by atoms with Crippen molar-refractivity contribution < 1.29 is 13.2 Å². The normalized spacial score (nSPS) is 11.4. The van der Waals surface area contributed by atoms with Crippen molar-refractivity contribution in [2.75, 3.05) is 0 Å². The van der Waals surface area contributed by atoms with E-state index in [-0.39, 0.29) is 4.90 Å². The molecule has 0 fully saturated rings. The third-order valence-corrected chi connectivity index (χ3v) is 3.91. The third kappa shape index (κ3) is 3.15.